The third-order valence-electron chi connectivity index (χ3n) is 3.60. The van der Waals surface area contributed by atoms with Crippen LogP contribution >= 0.6 is 0 Å². The molecule has 0 unspecified atom stereocenters. The Labute approximate surface area is 120 Å². The molecule has 2 amide bonds. The SMILES string of the molecule is CCCOCCNC(=O)NC1(C(=O)O)CCCCCC1. The van der Waals surface area contributed by atoms with Gasteiger partial charge in [-0.3, -0.25) is 0 Å². The summed E-state index contributed by atoms with van der Waals surface area (Å²) < 4.78 is 5.26. The second-order valence-electron chi connectivity index (χ2n) is 5.29. The van der Waals surface area contributed by atoms with Crippen molar-refractivity contribution in [1.82, 2.24) is 10.6 Å². The predicted octanol–water partition coefficient (Wildman–Crippen LogP) is 1.89. The molecule has 0 heterocycles. The van der Waals surface area contributed by atoms with Crippen molar-refractivity contribution < 1.29 is 19.4 Å². The van der Waals surface area contributed by atoms with Gasteiger partial charge in [0.25, 0.3) is 0 Å². The zero-order valence-electron chi connectivity index (χ0n) is 12.2. The second-order valence-corrected chi connectivity index (χ2v) is 5.29. The molecule has 6 nitrogen and oxygen atoms in total. The molecule has 1 rings (SSSR count). The van der Waals surface area contributed by atoms with Gasteiger partial charge in [-0.25, -0.2) is 9.59 Å². The van der Waals surface area contributed by atoms with Crippen LogP contribution in [0.15, 0.2) is 0 Å². The lowest BCUT2D eigenvalue weighted by Gasteiger charge is -2.29. The molecular weight excluding hydrogens is 260 g/mol. The average Bonchev–Trinajstić information content (AvgIpc) is 2.65. The molecular formula is C14H26N2O4. The van der Waals surface area contributed by atoms with Gasteiger partial charge >= 0.3 is 12.0 Å². The molecule has 0 saturated heterocycles. The number of ether oxygens (including phenoxy) is 1. The standard InChI is InChI=1S/C14H26N2O4/c1-2-10-20-11-9-15-13(19)16-14(12(17)18)7-5-3-4-6-8-14/h2-11H2,1H3,(H,17,18)(H2,15,16,19). The van der Waals surface area contributed by atoms with Gasteiger partial charge in [-0.1, -0.05) is 32.6 Å². The Bertz CT molecular complexity index is 312. The monoisotopic (exact) mass is 286 g/mol. The first-order valence-electron chi connectivity index (χ1n) is 7.48. The van der Waals surface area contributed by atoms with Gasteiger partial charge in [-0.15, -0.1) is 0 Å². The maximum absolute atomic E-state index is 11.8. The maximum Gasteiger partial charge on any atom is 0.329 e. The molecule has 1 aliphatic rings. The molecule has 0 aromatic heterocycles. The summed E-state index contributed by atoms with van der Waals surface area (Å²) in [6, 6.07) is -0.422. The number of rotatable bonds is 7. The fourth-order valence-corrected chi connectivity index (χ4v) is 2.47. The Balaban J connectivity index is 2.40. The van der Waals surface area contributed by atoms with Crippen LogP contribution in [-0.4, -0.2) is 42.4 Å². The summed E-state index contributed by atoms with van der Waals surface area (Å²) in [5.74, 6) is -0.934. The van der Waals surface area contributed by atoms with E-state index in [1.54, 1.807) is 0 Å². The van der Waals surface area contributed by atoms with Crippen molar-refractivity contribution in [3.8, 4) is 0 Å². The third kappa shape index (κ3) is 5.36. The van der Waals surface area contributed by atoms with Crippen LogP contribution < -0.4 is 10.6 Å². The summed E-state index contributed by atoms with van der Waals surface area (Å²) >= 11 is 0. The molecule has 1 fully saturated rings. The van der Waals surface area contributed by atoms with E-state index in [1.165, 1.54) is 0 Å². The highest BCUT2D eigenvalue weighted by atomic mass is 16.5. The lowest BCUT2D eigenvalue weighted by atomic mass is 9.90. The van der Waals surface area contributed by atoms with Crippen LogP contribution in [0.4, 0.5) is 4.79 Å². The zero-order valence-corrected chi connectivity index (χ0v) is 12.2. The molecule has 0 radical (unpaired) electrons. The summed E-state index contributed by atoms with van der Waals surface area (Å²) in [7, 11) is 0. The van der Waals surface area contributed by atoms with Crippen LogP contribution in [0, 0.1) is 0 Å². The molecule has 0 aliphatic heterocycles. The van der Waals surface area contributed by atoms with E-state index in [0.717, 1.165) is 32.1 Å². The van der Waals surface area contributed by atoms with Crippen molar-refractivity contribution in [2.75, 3.05) is 19.8 Å². The molecule has 3 N–H and O–H groups in total. The number of carbonyl (C=O) groups is 2. The molecule has 0 bridgehead atoms. The van der Waals surface area contributed by atoms with Gasteiger partial charge in [-0.2, -0.15) is 0 Å². The Morgan fingerprint density at radius 3 is 2.35 bits per heavy atom. The minimum absolute atomic E-state index is 0.390. The first kappa shape index (κ1) is 16.8. The normalized spacial score (nSPS) is 18.1. The lowest BCUT2D eigenvalue weighted by molar-refractivity contribution is -0.145. The van der Waals surface area contributed by atoms with Gasteiger partial charge in [0.2, 0.25) is 0 Å². The molecule has 116 valence electrons. The summed E-state index contributed by atoms with van der Waals surface area (Å²) in [5, 5.41) is 14.7. The molecule has 0 aromatic carbocycles. The van der Waals surface area contributed by atoms with Gasteiger partial charge < -0.3 is 20.5 Å². The van der Waals surface area contributed by atoms with Crippen molar-refractivity contribution in [2.24, 2.45) is 0 Å². The van der Waals surface area contributed by atoms with Gasteiger partial charge in [0, 0.05) is 13.2 Å². The average molecular weight is 286 g/mol. The highest BCUT2D eigenvalue weighted by molar-refractivity contribution is 5.86. The fourth-order valence-electron chi connectivity index (χ4n) is 2.47. The number of amides is 2. The quantitative estimate of drug-likeness (QED) is 0.492. The van der Waals surface area contributed by atoms with E-state index in [-0.39, 0.29) is 0 Å². The first-order chi connectivity index (χ1) is 9.60. The topological polar surface area (TPSA) is 87.7 Å². The maximum atomic E-state index is 11.8. The van der Waals surface area contributed by atoms with E-state index >= 15 is 0 Å². The number of hydrogen-bond donors (Lipinski definition) is 3. The smallest absolute Gasteiger partial charge is 0.329 e. The first-order valence-corrected chi connectivity index (χ1v) is 7.48. The number of carbonyl (C=O) groups excluding carboxylic acids is 1. The number of aliphatic carboxylic acids is 1. The van der Waals surface area contributed by atoms with Crippen LogP contribution in [-0.2, 0) is 9.53 Å². The molecule has 1 saturated carbocycles. The van der Waals surface area contributed by atoms with Crippen LogP contribution in [0.5, 0.6) is 0 Å². The highest BCUT2D eigenvalue weighted by Crippen LogP contribution is 2.27. The van der Waals surface area contributed by atoms with Crippen LogP contribution in [0.2, 0.25) is 0 Å². The fraction of sp³-hybridized carbons (Fsp3) is 0.857. The van der Waals surface area contributed by atoms with E-state index in [1.807, 2.05) is 6.92 Å². The molecule has 0 atom stereocenters. The van der Waals surface area contributed by atoms with Crippen molar-refractivity contribution in [1.29, 1.82) is 0 Å². The minimum atomic E-state index is -1.11. The number of hydrogen-bond acceptors (Lipinski definition) is 3. The van der Waals surface area contributed by atoms with Gasteiger partial charge in [0.05, 0.1) is 6.61 Å². The van der Waals surface area contributed by atoms with E-state index in [4.69, 9.17) is 4.74 Å². The van der Waals surface area contributed by atoms with Gasteiger partial charge in [0.15, 0.2) is 0 Å². The summed E-state index contributed by atoms with van der Waals surface area (Å²) in [5.41, 5.74) is -1.11. The van der Waals surface area contributed by atoms with Crippen molar-refractivity contribution >= 4 is 12.0 Å². The molecule has 1 aliphatic carbocycles. The molecule has 20 heavy (non-hydrogen) atoms. The van der Waals surface area contributed by atoms with Crippen LogP contribution in [0.25, 0.3) is 0 Å². The Morgan fingerprint density at radius 2 is 1.80 bits per heavy atom. The van der Waals surface area contributed by atoms with Crippen LogP contribution in [0.1, 0.15) is 51.9 Å². The summed E-state index contributed by atoms with van der Waals surface area (Å²) in [6.45, 7) is 3.52. The van der Waals surface area contributed by atoms with E-state index < -0.39 is 17.5 Å². The summed E-state index contributed by atoms with van der Waals surface area (Å²) in [6.07, 6.45) is 5.68. The molecule has 0 spiro atoms. The zero-order chi connectivity index (χ0) is 14.8. The van der Waals surface area contributed by atoms with Gasteiger partial charge in [-0.05, 0) is 19.3 Å². The second kappa shape index (κ2) is 8.79. The van der Waals surface area contributed by atoms with Crippen molar-refractivity contribution in [3.63, 3.8) is 0 Å². The van der Waals surface area contributed by atoms with Crippen LogP contribution in [0.3, 0.4) is 0 Å². The van der Waals surface area contributed by atoms with Crippen molar-refractivity contribution in [3.05, 3.63) is 0 Å². The molecule has 6 heteroatoms. The highest BCUT2D eigenvalue weighted by Gasteiger charge is 2.39. The summed E-state index contributed by atoms with van der Waals surface area (Å²) in [4.78, 5) is 23.3. The third-order valence-corrected chi connectivity index (χ3v) is 3.60. The molecule has 0 aromatic rings. The predicted molar refractivity (Wildman–Crippen MR) is 75.7 cm³/mol. The number of carboxylic acid groups (broad SMARTS) is 1. The Hall–Kier alpha value is -1.30. The van der Waals surface area contributed by atoms with E-state index in [0.29, 0.717) is 32.6 Å². The number of nitrogens with one attached hydrogen (secondary N) is 2. The number of urea groups is 1. The minimum Gasteiger partial charge on any atom is -0.480 e. The van der Waals surface area contributed by atoms with E-state index in [2.05, 4.69) is 10.6 Å². The van der Waals surface area contributed by atoms with Gasteiger partial charge in [0.1, 0.15) is 5.54 Å². The largest absolute Gasteiger partial charge is 0.480 e. The van der Waals surface area contributed by atoms with Crippen molar-refractivity contribution in [2.45, 2.75) is 57.4 Å². The number of carboxylic acids is 1. The lowest BCUT2D eigenvalue weighted by Crippen LogP contribution is -2.57. The Morgan fingerprint density at radius 1 is 1.15 bits per heavy atom. The Kier molecular flexibility index (Phi) is 7.36. The van der Waals surface area contributed by atoms with E-state index in [9.17, 15) is 14.7 Å².